The SMILES string of the molecule is COOC=N[C@@H](CC(C)C)C(=O)N1CCC[C@H]1c1nc2ccc(-c3ccc(-c4ccc5nc([C@@H]6CCCN6C(=O)[C@H](CC(C)C)NC(=O)OC)[nH]c5c4)cc3)cc2[nH]1.S.S.S.S. The number of ether oxygens (including phenoxy) is 1. The number of likely N-dealkylation sites (tertiary alicyclic amines) is 2. The lowest BCUT2D eigenvalue weighted by Crippen LogP contribution is -2.49. The summed E-state index contributed by atoms with van der Waals surface area (Å²) in [6.07, 6.45) is 5.08. The highest BCUT2D eigenvalue weighted by molar-refractivity contribution is 7.59. The predicted octanol–water partition coefficient (Wildman–Crippen LogP) is 8.34. The Morgan fingerprint density at radius 3 is 1.65 bits per heavy atom. The third kappa shape index (κ3) is 11.8. The summed E-state index contributed by atoms with van der Waals surface area (Å²) in [5.41, 5.74) is 7.73. The van der Waals surface area contributed by atoms with Crippen LogP contribution in [0.15, 0.2) is 65.7 Å². The molecule has 2 saturated heterocycles. The Kier molecular flexibility index (Phi) is 19.6. The van der Waals surface area contributed by atoms with E-state index in [0.29, 0.717) is 25.9 Å². The van der Waals surface area contributed by atoms with Crippen molar-refractivity contribution in [3.8, 4) is 22.3 Å². The quantitative estimate of drug-likeness (QED) is 0.0433. The topological polar surface area (TPSA) is 167 Å². The van der Waals surface area contributed by atoms with Gasteiger partial charge >= 0.3 is 6.09 Å². The maximum Gasteiger partial charge on any atom is 0.407 e. The lowest BCUT2D eigenvalue weighted by molar-refractivity contribution is -0.188. The van der Waals surface area contributed by atoms with Gasteiger partial charge in [0, 0.05) is 13.1 Å². The van der Waals surface area contributed by atoms with Crippen molar-refractivity contribution in [2.24, 2.45) is 16.8 Å². The van der Waals surface area contributed by atoms with E-state index in [-0.39, 0.29) is 89.7 Å². The van der Waals surface area contributed by atoms with Gasteiger partial charge in [-0.3, -0.25) is 9.59 Å². The molecule has 3 N–H and O–H groups in total. The number of hydrogen-bond donors (Lipinski definition) is 3. The number of amides is 3. The van der Waals surface area contributed by atoms with Crippen molar-refractivity contribution >= 4 is 100 Å². The van der Waals surface area contributed by atoms with Gasteiger partial charge in [0.25, 0.3) is 0 Å². The van der Waals surface area contributed by atoms with Gasteiger partial charge in [0.15, 0.2) is 0 Å². The normalized spacial score (nSPS) is 17.0. The van der Waals surface area contributed by atoms with Gasteiger partial charge in [-0.1, -0.05) is 64.1 Å². The van der Waals surface area contributed by atoms with Gasteiger partial charge in [0.05, 0.1) is 48.4 Å². The number of H-pyrrole nitrogens is 2. The Hall–Kier alpha value is -4.36. The number of hydrogen-bond acceptors (Lipinski definition) is 9. The molecule has 18 heteroatoms. The van der Waals surface area contributed by atoms with Gasteiger partial charge in [0.1, 0.15) is 23.7 Å². The van der Waals surface area contributed by atoms with E-state index >= 15 is 0 Å². The second-order valence-corrected chi connectivity index (χ2v) is 16.1. The number of carbonyl (C=O) groups is 3. The number of aromatic nitrogens is 4. The second kappa shape index (κ2) is 23.4. The molecule has 338 valence electrons. The molecule has 3 aromatic carbocycles. The smallest absolute Gasteiger partial charge is 0.407 e. The third-order valence-corrected chi connectivity index (χ3v) is 11.1. The van der Waals surface area contributed by atoms with Crippen LogP contribution in [0, 0.1) is 11.8 Å². The number of nitrogens with zero attached hydrogens (tertiary/aromatic N) is 5. The van der Waals surface area contributed by atoms with Crippen LogP contribution in [0.5, 0.6) is 0 Å². The van der Waals surface area contributed by atoms with E-state index in [0.717, 1.165) is 81.7 Å². The van der Waals surface area contributed by atoms with Crippen LogP contribution < -0.4 is 5.32 Å². The molecule has 62 heavy (non-hydrogen) atoms. The Bertz CT molecular complexity index is 2280. The zero-order valence-electron chi connectivity index (χ0n) is 36.2. The highest BCUT2D eigenvalue weighted by Crippen LogP contribution is 2.36. The molecular formula is C44H62N8O6S4. The molecule has 2 aromatic heterocycles. The standard InChI is InChI=1S/C44H54N8O6.4H2S/c1-26(2)21-36(45-25-58-57-6)42(53)51-19-7-9-38(51)40-46-32-17-15-30(23-34(32)48-40)28-11-13-29(14-12-28)31-16-18-33-35(24-31)49-41(47-33)39-10-8-20-52(39)43(54)37(22-27(3)4)50-44(55)56-5;;;;/h11-18,23-27,36-39H,7-10,19-22H2,1-6H3,(H,46,48)(H,47,49)(H,50,55);4*1H2/t36-,37-,38-,39-;;;;/m0..../s1. The van der Waals surface area contributed by atoms with Gasteiger partial charge in [-0.2, -0.15) is 58.9 Å². The zero-order chi connectivity index (χ0) is 40.9. The minimum absolute atomic E-state index is 0. The van der Waals surface area contributed by atoms with Crippen LogP contribution in [-0.4, -0.2) is 93.4 Å². The summed E-state index contributed by atoms with van der Waals surface area (Å²) in [6.45, 7) is 9.46. The van der Waals surface area contributed by atoms with Crippen molar-refractivity contribution in [2.75, 3.05) is 27.3 Å². The average Bonchev–Trinajstić information content (AvgIpc) is 4.04. The van der Waals surface area contributed by atoms with Crippen molar-refractivity contribution in [1.29, 1.82) is 0 Å². The summed E-state index contributed by atoms with van der Waals surface area (Å²) in [7, 11) is 2.71. The molecule has 5 aromatic rings. The van der Waals surface area contributed by atoms with E-state index < -0.39 is 18.2 Å². The summed E-state index contributed by atoms with van der Waals surface area (Å²) in [4.78, 5) is 74.0. The van der Waals surface area contributed by atoms with Crippen molar-refractivity contribution in [2.45, 2.75) is 90.4 Å². The summed E-state index contributed by atoms with van der Waals surface area (Å²) in [5, 5.41) is 2.74. The van der Waals surface area contributed by atoms with Crippen molar-refractivity contribution < 1.29 is 28.9 Å². The van der Waals surface area contributed by atoms with E-state index in [4.69, 9.17) is 19.6 Å². The largest absolute Gasteiger partial charge is 0.453 e. The maximum atomic E-state index is 13.7. The van der Waals surface area contributed by atoms with Crippen LogP contribution in [0.1, 0.15) is 90.0 Å². The number of methoxy groups -OCH3 is 1. The molecular weight excluding hydrogens is 865 g/mol. The molecule has 2 fully saturated rings. The number of aromatic amines is 2. The summed E-state index contributed by atoms with van der Waals surface area (Å²) in [5.74, 6) is 1.87. The molecule has 7 rings (SSSR count). The Labute approximate surface area is 391 Å². The molecule has 2 aliphatic rings. The molecule has 0 aliphatic carbocycles. The van der Waals surface area contributed by atoms with Gasteiger partial charge in [-0.25, -0.2) is 19.8 Å². The van der Waals surface area contributed by atoms with E-state index in [1.807, 2.05) is 35.8 Å². The Morgan fingerprint density at radius 2 is 1.19 bits per heavy atom. The summed E-state index contributed by atoms with van der Waals surface area (Å²) < 4.78 is 4.81. The van der Waals surface area contributed by atoms with Crippen LogP contribution in [0.4, 0.5) is 4.79 Å². The molecule has 0 bridgehead atoms. The molecule has 0 radical (unpaired) electrons. The Morgan fingerprint density at radius 1 is 0.726 bits per heavy atom. The van der Waals surface area contributed by atoms with Crippen LogP contribution in [-0.2, 0) is 24.1 Å². The number of fused-ring (bicyclic) bond motifs is 2. The van der Waals surface area contributed by atoms with E-state index in [1.165, 1.54) is 20.6 Å². The summed E-state index contributed by atoms with van der Waals surface area (Å²) in [6, 6.07) is 19.3. The van der Waals surface area contributed by atoms with Crippen LogP contribution >= 0.6 is 54.0 Å². The third-order valence-electron chi connectivity index (χ3n) is 11.1. The van der Waals surface area contributed by atoms with Gasteiger partial charge in [-0.05, 0) is 96.9 Å². The lowest BCUT2D eigenvalue weighted by Gasteiger charge is -2.29. The zero-order valence-corrected chi connectivity index (χ0v) is 40.2. The molecule has 3 amide bonds. The first-order valence-corrected chi connectivity index (χ1v) is 20.3. The number of rotatable bonds is 14. The average molecular weight is 927 g/mol. The molecule has 2 aliphatic heterocycles. The minimum atomic E-state index is -0.664. The predicted molar refractivity (Wildman–Crippen MR) is 264 cm³/mol. The number of nitrogens with one attached hydrogen (secondary N) is 3. The number of imidazole rings is 2. The number of alkyl carbamates (subject to hydrolysis) is 1. The molecule has 14 nitrogen and oxygen atoms in total. The van der Waals surface area contributed by atoms with Gasteiger partial charge in [0.2, 0.25) is 18.2 Å². The minimum Gasteiger partial charge on any atom is -0.453 e. The molecule has 4 heterocycles. The van der Waals surface area contributed by atoms with Crippen molar-refractivity contribution in [1.82, 2.24) is 35.1 Å². The fraction of sp³-hybridized carbons (Fsp3) is 0.455. The first kappa shape index (κ1) is 52.0. The first-order valence-electron chi connectivity index (χ1n) is 20.3. The number of benzene rings is 3. The van der Waals surface area contributed by atoms with Gasteiger partial charge in [-0.15, -0.1) is 0 Å². The van der Waals surface area contributed by atoms with E-state index in [2.05, 4.69) is 87.5 Å². The van der Waals surface area contributed by atoms with Crippen molar-refractivity contribution in [3.63, 3.8) is 0 Å². The van der Waals surface area contributed by atoms with Crippen molar-refractivity contribution in [3.05, 3.63) is 72.3 Å². The maximum absolute atomic E-state index is 13.7. The highest BCUT2D eigenvalue weighted by Gasteiger charge is 2.38. The van der Waals surface area contributed by atoms with Gasteiger partial charge < -0.3 is 34.7 Å². The van der Waals surface area contributed by atoms with E-state index in [1.54, 1.807) is 0 Å². The van der Waals surface area contributed by atoms with E-state index in [9.17, 15) is 14.4 Å². The van der Waals surface area contributed by atoms with Crippen LogP contribution in [0.3, 0.4) is 0 Å². The number of carbonyl (C=O) groups excluding carboxylic acids is 3. The lowest BCUT2D eigenvalue weighted by atomic mass is 10.00. The molecule has 0 unspecified atom stereocenters. The highest BCUT2D eigenvalue weighted by atomic mass is 32.1. The second-order valence-electron chi connectivity index (χ2n) is 16.1. The van der Waals surface area contributed by atoms with Crippen LogP contribution in [0.2, 0.25) is 0 Å². The monoisotopic (exact) mass is 926 g/mol. The Balaban J connectivity index is 0.00000256. The summed E-state index contributed by atoms with van der Waals surface area (Å²) >= 11 is 0. The first-order chi connectivity index (χ1) is 28.0. The number of aliphatic imine (C=N–C) groups is 1. The fourth-order valence-electron chi connectivity index (χ4n) is 8.32. The fourth-order valence-corrected chi connectivity index (χ4v) is 8.32. The molecule has 4 atom stereocenters. The molecule has 0 saturated carbocycles. The molecule has 0 spiro atoms. The van der Waals surface area contributed by atoms with Crippen LogP contribution in [0.25, 0.3) is 44.3 Å².